The molecule has 3 aromatic rings. The van der Waals surface area contributed by atoms with Crippen LogP contribution in [0.2, 0.25) is 0 Å². The van der Waals surface area contributed by atoms with Gasteiger partial charge in [0.2, 0.25) is 11.8 Å². The van der Waals surface area contributed by atoms with Crippen LogP contribution < -0.4 is 14.4 Å². The SMILES string of the molecule is CCOc1ccc(N(CC(=O)N(Cc2ccccc2F)C(C)C(=O)NCC(C)C)S(=O)(=O)c2ccccc2)cc1. The summed E-state index contributed by atoms with van der Waals surface area (Å²) in [6.45, 7) is 7.26. The molecule has 40 heavy (non-hydrogen) atoms. The van der Waals surface area contributed by atoms with Gasteiger partial charge in [0, 0.05) is 18.7 Å². The number of nitrogens with one attached hydrogen (secondary N) is 1. The lowest BCUT2D eigenvalue weighted by Gasteiger charge is -2.32. The van der Waals surface area contributed by atoms with Crippen molar-refractivity contribution in [1.82, 2.24) is 10.2 Å². The average molecular weight is 570 g/mol. The maximum Gasteiger partial charge on any atom is 0.264 e. The first-order valence-electron chi connectivity index (χ1n) is 13.2. The van der Waals surface area contributed by atoms with Gasteiger partial charge in [-0.25, -0.2) is 12.8 Å². The molecule has 0 spiro atoms. The van der Waals surface area contributed by atoms with Crippen molar-refractivity contribution in [1.29, 1.82) is 0 Å². The Morgan fingerprint density at radius 3 is 2.15 bits per heavy atom. The van der Waals surface area contributed by atoms with Crippen molar-refractivity contribution < 1.29 is 27.1 Å². The number of carbonyl (C=O) groups is 2. The number of nitrogens with zero attached hydrogens (tertiary/aromatic N) is 2. The number of amides is 2. The highest BCUT2D eigenvalue weighted by Crippen LogP contribution is 2.26. The number of rotatable bonds is 13. The van der Waals surface area contributed by atoms with Gasteiger partial charge in [-0.2, -0.15) is 0 Å². The maximum atomic E-state index is 14.6. The number of hydrogen-bond acceptors (Lipinski definition) is 5. The molecule has 0 radical (unpaired) electrons. The number of anilines is 1. The zero-order valence-corrected chi connectivity index (χ0v) is 24.0. The molecule has 8 nitrogen and oxygen atoms in total. The molecule has 0 fully saturated rings. The smallest absolute Gasteiger partial charge is 0.264 e. The van der Waals surface area contributed by atoms with Crippen LogP contribution in [0.5, 0.6) is 5.75 Å². The van der Waals surface area contributed by atoms with E-state index in [1.165, 1.54) is 35.2 Å². The third kappa shape index (κ3) is 7.81. The lowest BCUT2D eigenvalue weighted by Crippen LogP contribution is -2.51. The zero-order chi connectivity index (χ0) is 29.3. The van der Waals surface area contributed by atoms with Gasteiger partial charge in [0.15, 0.2) is 0 Å². The molecule has 1 unspecified atom stereocenters. The Morgan fingerprint density at radius 2 is 1.55 bits per heavy atom. The highest BCUT2D eigenvalue weighted by atomic mass is 32.2. The van der Waals surface area contributed by atoms with E-state index in [2.05, 4.69) is 5.32 Å². The summed E-state index contributed by atoms with van der Waals surface area (Å²) in [6.07, 6.45) is 0. The molecule has 0 aromatic heterocycles. The van der Waals surface area contributed by atoms with E-state index in [0.29, 0.717) is 18.9 Å². The van der Waals surface area contributed by atoms with Crippen molar-refractivity contribution in [3.05, 3.63) is 90.2 Å². The highest BCUT2D eigenvalue weighted by Gasteiger charge is 2.32. The number of benzene rings is 3. The van der Waals surface area contributed by atoms with E-state index < -0.39 is 40.2 Å². The number of sulfonamides is 1. The van der Waals surface area contributed by atoms with E-state index >= 15 is 0 Å². The van der Waals surface area contributed by atoms with Gasteiger partial charge in [-0.05, 0) is 62.2 Å². The monoisotopic (exact) mass is 569 g/mol. The second-order valence-corrected chi connectivity index (χ2v) is 11.5. The number of ether oxygens (including phenoxy) is 1. The van der Waals surface area contributed by atoms with Gasteiger partial charge in [-0.3, -0.25) is 13.9 Å². The van der Waals surface area contributed by atoms with E-state index in [1.807, 2.05) is 20.8 Å². The van der Waals surface area contributed by atoms with Crippen LogP contribution in [0.4, 0.5) is 10.1 Å². The van der Waals surface area contributed by atoms with Crippen LogP contribution in [0.15, 0.2) is 83.8 Å². The second-order valence-electron chi connectivity index (χ2n) is 9.68. The topological polar surface area (TPSA) is 96.0 Å². The molecule has 2 amide bonds. The first-order valence-corrected chi connectivity index (χ1v) is 14.6. The Labute approximate surface area is 235 Å². The molecule has 0 aliphatic carbocycles. The summed E-state index contributed by atoms with van der Waals surface area (Å²) in [7, 11) is -4.19. The molecule has 3 rings (SSSR count). The Bertz CT molecular complexity index is 1380. The molecule has 0 aliphatic rings. The van der Waals surface area contributed by atoms with Crippen molar-refractivity contribution in [3.63, 3.8) is 0 Å². The Hall–Kier alpha value is -3.92. The fourth-order valence-corrected chi connectivity index (χ4v) is 5.40. The number of carbonyl (C=O) groups excluding carboxylic acids is 2. The van der Waals surface area contributed by atoms with Crippen molar-refractivity contribution in [2.24, 2.45) is 5.92 Å². The van der Waals surface area contributed by atoms with Crippen LogP contribution in [0.25, 0.3) is 0 Å². The summed E-state index contributed by atoms with van der Waals surface area (Å²) < 4.78 is 48.6. The first-order chi connectivity index (χ1) is 19.0. The number of hydrogen-bond donors (Lipinski definition) is 1. The van der Waals surface area contributed by atoms with Gasteiger partial charge >= 0.3 is 0 Å². The van der Waals surface area contributed by atoms with Gasteiger partial charge in [0.1, 0.15) is 24.2 Å². The quantitative estimate of drug-likeness (QED) is 0.324. The summed E-state index contributed by atoms with van der Waals surface area (Å²) in [5.41, 5.74) is 0.446. The van der Waals surface area contributed by atoms with Crippen LogP contribution >= 0.6 is 0 Å². The normalized spacial score (nSPS) is 12.1. The molecule has 0 saturated heterocycles. The molecule has 0 bridgehead atoms. The summed E-state index contributed by atoms with van der Waals surface area (Å²) in [5.74, 6) is -0.888. The standard InChI is InChI=1S/C30H36FN3O5S/c1-5-39-26-17-15-25(16-18-26)34(40(37,38)27-12-7-6-8-13-27)21-29(35)33(20-24-11-9-10-14-28(24)31)23(4)30(36)32-19-22(2)3/h6-18,22-23H,5,19-21H2,1-4H3,(H,32,36). The van der Waals surface area contributed by atoms with Crippen LogP contribution in [-0.4, -0.2) is 50.9 Å². The minimum atomic E-state index is -4.19. The second kappa shape index (κ2) is 13.9. The molecule has 1 N–H and O–H groups in total. The zero-order valence-electron chi connectivity index (χ0n) is 23.2. The summed E-state index contributed by atoms with van der Waals surface area (Å²) in [6, 6.07) is 19.1. The summed E-state index contributed by atoms with van der Waals surface area (Å²) in [5, 5.41) is 2.80. The Morgan fingerprint density at radius 1 is 0.925 bits per heavy atom. The molecular weight excluding hydrogens is 533 g/mol. The van der Waals surface area contributed by atoms with Crippen molar-refractivity contribution in [2.45, 2.75) is 45.2 Å². The molecular formula is C30H36FN3O5S. The maximum absolute atomic E-state index is 14.6. The molecule has 1 atom stereocenters. The molecule has 214 valence electrons. The summed E-state index contributed by atoms with van der Waals surface area (Å²) >= 11 is 0. The van der Waals surface area contributed by atoms with E-state index in [9.17, 15) is 22.4 Å². The van der Waals surface area contributed by atoms with E-state index in [4.69, 9.17) is 4.74 Å². The van der Waals surface area contributed by atoms with Crippen molar-refractivity contribution >= 4 is 27.5 Å². The molecule has 0 saturated carbocycles. The van der Waals surface area contributed by atoms with Crippen LogP contribution in [-0.2, 0) is 26.2 Å². The minimum Gasteiger partial charge on any atom is -0.494 e. The van der Waals surface area contributed by atoms with Crippen LogP contribution in [0.3, 0.4) is 0 Å². The third-order valence-electron chi connectivity index (χ3n) is 6.20. The fourth-order valence-electron chi connectivity index (χ4n) is 3.97. The lowest BCUT2D eigenvalue weighted by molar-refractivity contribution is -0.139. The van der Waals surface area contributed by atoms with Gasteiger partial charge in [0.05, 0.1) is 17.2 Å². The van der Waals surface area contributed by atoms with E-state index in [1.54, 1.807) is 55.5 Å². The molecule has 0 aliphatic heterocycles. The summed E-state index contributed by atoms with van der Waals surface area (Å²) in [4.78, 5) is 28.1. The molecule has 0 heterocycles. The predicted molar refractivity (Wildman–Crippen MR) is 153 cm³/mol. The van der Waals surface area contributed by atoms with Gasteiger partial charge in [-0.15, -0.1) is 0 Å². The predicted octanol–water partition coefficient (Wildman–Crippen LogP) is 4.61. The van der Waals surface area contributed by atoms with Gasteiger partial charge < -0.3 is 15.0 Å². The fraction of sp³-hybridized carbons (Fsp3) is 0.333. The van der Waals surface area contributed by atoms with E-state index in [-0.39, 0.29) is 28.6 Å². The Balaban J connectivity index is 2.01. The Kier molecular flexibility index (Phi) is 10.7. The largest absolute Gasteiger partial charge is 0.494 e. The molecule has 3 aromatic carbocycles. The first kappa shape index (κ1) is 30.6. The lowest BCUT2D eigenvalue weighted by atomic mass is 10.1. The van der Waals surface area contributed by atoms with Crippen LogP contribution in [0.1, 0.15) is 33.3 Å². The van der Waals surface area contributed by atoms with Crippen LogP contribution in [0, 0.1) is 11.7 Å². The van der Waals surface area contributed by atoms with Gasteiger partial charge in [0.25, 0.3) is 10.0 Å². The average Bonchev–Trinajstić information content (AvgIpc) is 2.94. The highest BCUT2D eigenvalue weighted by molar-refractivity contribution is 7.92. The van der Waals surface area contributed by atoms with Crippen molar-refractivity contribution in [3.8, 4) is 5.75 Å². The number of halogens is 1. The minimum absolute atomic E-state index is 0.0000588. The molecule has 10 heteroatoms. The van der Waals surface area contributed by atoms with E-state index in [0.717, 1.165) is 4.31 Å². The van der Waals surface area contributed by atoms with Gasteiger partial charge in [-0.1, -0.05) is 50.2 Å². The third-order valence-corrected chi connectivity index (χ3v) is 7.98. The van der Waals surface area contributed by atoms with Crippen molar-refractivity contribution in [2.75, 3.05) is 24.0 Å².